The highest BCUT2D eigenvalue weighted by Gasteiger charge is 2.38. The molecule has 0 aromatic carbocycles. The van der Waals surface area contributed by atoms with Crippen molar-refractivity contribution in [1.29, 1.82) is 5.26 Å². The number of hydrogen-bond acceptors (Lipinski definition) is 5. The van der Waals surface area contributed by atoms with Crippen molar-refractivity contribution in [3.05, 3.63) is 18.1 Å². The molecule has 132 valence electrons. The van der Waals surface area contributed by atoms with Gasteiger partial charge in [-0.05, 0) is 43.4 Å². The lowest BCUT2D eigenvalue weighted by molar-refractivity contribution is -0.131. The number of rotatable bonds is 3. The van der Waals surface area contributed by atoms with Gasteiger partial charge in [-0.3, -0.25) is 4.79 Å². The van der Waals surface area contributed by atoms with Crippen LogP contribution < -0.4 is 4.90 Å². The monoisotopic (exact) mass is 339 g/mol. The van der Waals surface area contributed by atoms with E-state index in [-0.39, 0.29) is 0 Å². The standard InChI is InChI=1S/C19H25N5O/c20-11-17-19(22-7-6-21-17)23-8-4-14(5-9-23)10-18(25)24-12-15-2-1-3-16(15)13-24/h6-7,14-16H,1-5,8-10,12-13H2. The molecule has 25 heavy (non-hydrogen) atoms. The third-order valence-electron chi connectivity index (χ3n) is 6.24. The molecule has 2 atom stereocenters. The summed E-state index contributed by atoms with van der Waals surface area (Å²) in [4.78, 5) is 25.3. The molecule has 6 heteroatoms. The van der Waals surface area contributed by atoms with Crippen LogP contribution in [0.3, 0.4) is 0 Å². The van der Waals surface area contributed by atoms with Crippen molar-refractivity contribution in [3.8, 4) is 6.07 Å². The molecule has 1 aromatic rings. The van der Waals surface area contributed by atoms with Gasteiger partial charge in [-0.25, -0.2) is 9.97 Å². The molecule has 3 fully saturated rings. The van der Waals surface area contributed by atoms with Crippen LogP contribution in [0.4, 0.5) is 5.82 Å². The Morgan fingerprint density at radius 3 is 2.48 bits per heavy atom. The Morgan fingerprint density at radius 1 is 1.12 bits per heavy atom. The first-order valence-corrected chi connectivity index (χ1v) is 9.48. The van der Waals surface area contributed by atoms with Crippen molar-refractivity contribution in [3.63, 3.8) is 0 Å². The van der Waals surface area contributed by atoms with E-state index in [2.05, 4.69) is 25.8 Å². The molecule has 6 nitrogen and oxygen atoms in total. The Kier molecular flexibility index (Phi) is 4.56. The molecule has 0 radical (unpaired) electrons. The molecular weight excluding hydrogens is 314 g/mol. The van der Waals surface area contributed by atoms with E-state index >= 15 is 0 Å². The minimum atomic E-state index is 0.352. The summed E-state index contributed by atoms with van der Waals surface area (Å²) < 4.78 is 0. The van der Waals surface area contributed by atoms with Crippen molar-refractivity contribution >= 4 is 11.7 Å². The normalized spacial score (nSPS) is 26.5. The number of carbonyl (C=O) groups is 1. The Hall–Kier alpha value is -2.16. The van der Waals surface area contributed by atoms with Gasteiger partial charge in [0.1, 0.15) is 6.07 Å². The summed E-state index contributed by atoms with van der Waals surface area (Å²) in [5, 5.41) is 9.18. The van der Waals surface area contributed by atoms with Crippen LogP contribution in [0.5, 0.6) is 0 Å². The fourth-order valence-corrected chi connectivity index (χ4v) is 4.80. The fraction of sp³-hybridized carbons (Fsp3) is 0.684. The smallest absolute Gasteiger partial charge is 0.222 e. The maximum atomic E-state index is 12.6. The summed E-state index contributed by atoms with van der Waals surface area (Å²) in [5.74, 6) is 3.03. The summed E-state index contributed by atoms with van der Waals surface area (Å²) in [6, 6.07) is 2.12. The van der Waals surface area contributed by atoms with Crippen LogP contribution in [0.2, 0.25) is 0 Å². The zero-order valence-electron chi connectivity index (χ0n) is 14.6. The van der Waals surface area contributed by atoms with Gasteiger partial charge in [0.25, 0.3) is 0 Å². The van der Waals surface area contributed by atoms with E-state index in [0.29, 0.717) is 29.8 Å². The van der Waals surface area contributed by atoms with E-state index in [9.17, 15) is 10.1 Å². The Morgan fingerprint density at radius 2 is 1.80 bits per heavy atom. The first kappa shape index (κ1) is 16.3. The zero-order valence-corrected chi connectivity index (χ0v) is 14.6. The first-order valence-electron chi connectivity index (χ1n) is 9.48. The van der Waals surface area contributed by atoms with Crippen LogP contribution in [-0.4, -0.2) is 47.0 Å². The number of nitrogens with zero attached hydrogens (tertiary/aromatic N) is 5. The summed E-state index contributed by atoms with van der Waals surface area (Å²) in [6.45, 7) is 3.67. The molecule has 1 amide bonds. The van der Waals surface area contributed by atoms with E-state index in [4.69, 9.17) is 0 Å². The minimum absolute atomic E-state index is 0.352. The SMILES string of the molecule is N#Cc1nccnc1N1CCC(CC(=O)N2CC3CCCC3C2)CC1. The fourth-order valence-electron chi connectivity index (χ4n) is 4.80. The lowest BCUT2D eigenvalue weighted by Crippen LogP contribution is -2.37. The lowest BCUT2D eigenvalue weighted by Gasteiger charge is -2.33. The molecule has 0 spiro atoms. The number of anilines is 1. The minimum Gasteiger partial charge on any atom is -0.354 e. The van der Waals surface area contributed by atoms with E-state index in [1.54, 1.807) is 12.4 Å². The molecule has 3 aliphatic rings. The Bertz CT molecular complexity index is 665. The van der Waals surface area contributed by atoms with E-state index in [1.165, 1.54) is 19.3 Å². The van der Waals surface area contributed by atoms with Crippen molar-refractivity contribution in [2.45, 2.75) is 38.5 Å². The quantitative estimate of drug-likeness (QED) is 0.844. The zero-order chi connectivity index (χ0) is 17.2. The van der Waals surface area contributed by atoms with Crippen LogP contribution in [0.25, 0.3) is 0 Å². The van der Waals surface area contributed by atoms with E-state index in [0.717, 1.165) is 50.9 Å². The molecule has 1 saturated carbocycles. The number of piperidine rings is 1. The van der Waals surface area contributed by atoms with Crippen molar-refractivity contribution in [1.82, 2.24) is 14.9 Å². The van der Waals surface area contributed by atoms with Gasteiger partial charge in [0.15, 0.2) is 11.5 Å². The van der Waals surface area contributed by atoms with Crippen molar-refractivity contribution < 1.29 is 4.79 Å². The highest BCUT2D eigenvalue weighted by Crippen LogP contribution is 2.38. The predicted octanol–water partition coefficient (Wildman–Crippen LogP) is 2.21. The largest absolute Gasteiger partial charge is 0.354 e. The van der Waals surface area contributed by atoms with Crippen LogP contribution >= 0.6 is 0 Å². The Balaban J connectivity index is 1.29. The maximum Gasteiger partial charge on any atom is 0.222 e. The van der Waals surface area contributed by atoms with Gasteiger partial charge in [0.05, 0.1) is 0 Å². The first-order chi connectivity index (χ1) is 12.2. The molecule has 1 aliphatic carbocycles. The molecule has 2 unspecified atom stereocenters. The summed E-state index contributed by atoms with van der Waals surface area (Å²) in [6.07, 6.45) is 9.80. The third-order valence-corrected chi connectivity index (χ3v) is 6.24. The summed E-state index contributed by atoms with van der Waals surface area (Å²) in [5.41, 5.74) is 0.389. The highest BCUT2D eigenvalue weighted by molar-refractivity contribution is 5.76. The average Bonchev–Trinajstić information content (AvgIpc) is 3.24. The van der Waals surface area contributed by atoms with Gasteiger partial charge in [-0.2, -0.15) is 5.26 Å². The van der Waals surface area contributed by atoms with Gasteiger partial charge >= 0.3 is 0 Å². The van der Waals surface area contributed by atoms with Crippen LogP contribution in [0.1, 0.15) is 44.2 Å². The van der Waals surface area contributed by atoms with Crippen molar-refractivity contribution in [2.75, 3.05) is 31.1 Å². The second kappa shape index (κ2) is 6.99. The highest BCUT2D eigenvalue weighted by atomic mass is 16.2. The number of likely N-dealkylation sites (tertiary alicyclic amines) is 1. The molecule has 2 saturated heterocycles. The topological polar surface area (TPSA) is 73.1 Å². The number of carbonyl (C=O) groups excluding carboxylic acids is 1. The maximum absolute atomic E-state index is 12.6. The summed E-state index contributed by atoms with van der Waals surface area (Å²) >= 11 is 0. The number of fused-ring (bicyclic) bond motifs is 1. The number of hydrogen-bond donors (Lipinski definition) is 0. The van der Waals surface area contributed by atoms with Crippen LogP contribution in [0.15, 0.2) is 12.4 Å². The molecule has 1 aromatic heterocycles. The van der Waals surface area contributed by atoms with Gasteiger partial charge in [-0.1, -0.05) is 6.42 Å². The third kappa shape index (κ3) is 3.33. The molecule has 0 bridgehead atoms. The summed E-state index contributed by atoms with van der Waals surface area (Å²) in [7, 11) is 0. The number of aromatic nitrogens is 2. The van der Waals surface area contributed by atoms with E-state index < -0.39 is 0 Å². The number of nitriles is 1. The molecule has 0 N–H and O–H groups in total. The molecular formula is C19H25N5O. The van der Waals surface area contributed by atoms with Crippen LogP contribution in [-0.2, 0) is 4.79 Å². The molecule has 2 aliphatic heterocycles. The van der Waals surface area contributed by atoms with Gasteiger partial charge in [-0.15, -0.1) is 0 Å². The second-order valence-electron chi connectivity index (χ2n) is 7.72. The van der Waals surface area contributed by atoms with Gasteiger partial charge in [0.2, 0.25) is 5.91 Å². The van der Waals surface area contributed by atoms with E-state index in [1.807, 2.05) is 0 Å². The predicted molar refractivity (Wildman–Crippen MR) is 93.7 cm³/mol. The molecule has 3 heterocycles. The number of amides is 1. The van der Waals surface area contributed by atoms with Gasteiger partial charge < -0.3 is 9.80 Å². The second-order valence-corrected chi connectivity index (χ2v) is 7.72. The van der Waals surface area contributed by atoms with Crippen LogP contribution in [0, 0.1) is 29.1 Å². The lowest BCUT2D eigenvalue weighted by atomic mass is 9.93. The van der Waals surface area contributed by atoms with Gasteiger partial charge in [0, 0.05) is 45.0 Å². The average molecular weight is 339 g/mol. The molecule has 4 rings (SSSR count). The Labute approximate surface area is 148 Å². The van der Waals surface area contributed by atoms with Crippen molar-refractivity contribution in [2.24, 2.45) is 17.8 Å².